The molecule has 0 spiro atoms. The molecule has 1 atom stereocenters. The Morgan fingerprint density at radius 2 is 2.04 bits per heavy atom. The average molecular weight is 384 g/mol. The highest BCUT2D eigenvalue weighted by atomic mass is 32.1. The minimum absolute atomic E-state index is 0.00663. The molecule has 0 saturated heterocycles. The Morgan fingerprint density at radius 3 is 2.70 bits per heavy atom. The van der Waals surface area contributed by atoms with Crippen LogP contribution in [0.3, 0.4) is 0 Å². The van der Waals surface area contributed by atoms with Crippen molar-refractivity contribution in [3.8, 4) is 11.3 Å². The SMILES string of the molecule is Cc1ccc(-c2cnc(CCC(=O)NCC(c3ccsc3)N(C)C)o2)cc1. The van der Waals surface area contributed by atoms with Crippen LogP contribution in [0.25, 0.3) is 11.3 Å². The number of likely N-dealkylation sites (N-methyl/N-ethyl adjacent to an activating group) is 1. The first-order chi connectivity index (χ1) is 13.0. The third-order valence-corrected chi connectivity index (χ3v) is 5.20. The van der Waals surface area contributed by atoms with E-state index < -0.39 is 0 Å². The van der Waals surface area contributed by atoms with Gasteiger partial charge >= 0.3 is 0 Å². The Kier molecular flexibility index (Phi) is 6.42. The van der Waals surface area contributed by atoms with Crippen molar-refractivity contribution in [3.63, 3.8) is 0 Å². The van der Waals surface area contributed by atoms with Gasteiger partial charge in [-0.05, 0) is 43.4 Å². The minimum Gasteiger partial charge on any atom is -0.441 e. The summed E-state index contributed by atoms with van der Waals surface area (Å²) in [5.74, 6) is 1.32. The van der Waals surface area contributed by atoms with E-state index in [9.17, 15) is 4.79 Å². The number of aromatic nitrogens is 1. The first kappa shape index (κ1) is 19.3. The lowest BCUT2D eigenvalue weighted by Crippen LogP contribution is -2.34. The summed E-state index contributed by atoms with van der Waals surface area (Å²) < 4.78 is 5.78. The van der Waals surface area contributed by atoms with Gasteiger partial charge in [0.05, 0.1) is 12.2 Å². The number of rotatable bonds is 8. The molecule has 1 unspecified atom stereocenters. The van der Waals surface area contributed by atoms with Crippen LogP contribution in [0.2, 0.25) is 0 Å². The van der Waals surface area contributed by atoms with Crippen molar-refractivity contribution in [2.45, 2.75) is 25.8 Å². The molecule has 0 bridgehead atoms. The van der Waals surface area contributed by atoms with Crippen LogP contribution in [0.4, 0.5) is 0 Å². The van der Waals surface area contributed by atoms with Crippen molar-refractivity contribution < 1.29 is 9.21 Å². The standard InChI is InChI=1S/C21H25N3O2S/c1-15-4-6-16(7-5-15)19-13-23-21(26-19)9-8-20(25)22-12-18(24(2)3)17-10-11-27-14-17/h4-7,10-11,13-14,18H,8-9,12H2,1-3H3,(H,22,25). The molecular formula is C21H25N3O2S. The number of aryl methyl sites for hydroxylation is 2. The third kappa shape index (κ3) is 5.28. The van der Waals surface area contributed by atoms with Gasteiger partial charge in [-0.25, -0.2) is 4.98 Å². The molecule has 0 fully saturated rings. The third-order valence-electron chi connectivity index (χ3n) is 4.50. The normalized spacial score (nSPS) is 12.3. The first-order valence-corrected chi connectivity index (χ1v) is 9.94. The van der Waals surface area contributed by atoms with Crippen LogP contribution < -0.4 is 5.32 Å². The Labute approximate surface area is 164 Å². The fourth-order valence-corrected chi connectivity index (χ4v) is 3.57. The van der Waals surface area contributed by atoms with Gasteiger partial charge in [0, 0.05) is 24.9 Å². The van der Waals surface area contributed by atoms with Crippen molar-refractivity contribution in [3.05, 3.63) is 64.3 Å². The lowest BCUT2D eigenvalue weighted by molar-refractivity contribution is -0.121. The summed E-state index contributed by atoms with van der Waals surface area (Å²) in [6, 6.07) is 10.4. The summed E-state index contributed by atoms with van der Waals surface area (Å²) in [5, 5.41) is 7.20. The molecule has 0 saturated carbocycles. The number of hydrogen-bond donors (Lipinski definition) is 1. The highest BCUT2D eigenvalue weighted by Gasteiger charge is 2.16. The number of thiophene rings is 1. The van der Waals surface area contributed by atoms with E-state index in [4.69, 9.17) is 4.42 Å². The Hall–Kier alpha value is -2.44. The van der Waals surface area contributed by atoms with Gasteiger partial charge < -0.3 is 14.6 Å². The number of amides is 1. The molecule has 142 valence electrons. The van der Waals surface area contributed by atoms with Crippen molar-refractivity contribution in [2.24, 2.45) is 0 Å². The lowest BCUT2D eigenvalue weighted by atomic mass is 10.1. The van der Waals surface area contributed by atoms with Gasteiger partial charge in [0.1, 0.15) is 0 Å². The molecule has 6 heteroatoms. The Balaban J connectivity index is 1.50. The molecular weight excluding hydrogens is 358 g/mol. The van der Waals surface area contributed by atoms with Crippen LogP contribution in [0.15, 0.2) is 51.7 Å². The van der Waals surface area contributed by atoms with Crippen LogP contribution in [-0.4, -0.2) is 36.4 Å². The number of nitrogens with zero attached hydrogens (tertiary/aromatic N) is 2. The summed E-state index contributed by atoms with van der Waals surface area (Å²) in [7, 11) is 4.04. The van der Waals surface area contributed by atoms with Crippen LogP contribution in [-0.2, 0) is 11.2 Å². The molecule has 0 aliphatic carbocycles. The van der Waals surface area contributed by atoms with E-state index in [1.807, 2.05) is 45.3 Å². The molecule has 3 aromatic rings. The largest absolute Gasteiger partial charge is 0.441 e. The van der Waals surface area contributed by atoms with Gasteiger partial charge in [-0.1, -0.05) is 29.8 Å². The molecule has 2 heterocycles. The molecule has 1 aromatic carbocycles. The van der Waals surface area contributed by atoms with Crippen LogP contribution in [0.5, 0.6) is 0 Å². The minimum atomic E-state index is 0.00663. The van der Waals surface area contributed by atoms with Gasteiger partial charge in [0.25, 0.3) is 0 Å². The van der Waals surface area contributed by atoms with E-state index in [1.165, 1.54) is 11.1 Å². The van der Waals surface area contributed by atoms with Crippen molar-refractivity contribution in [1.29, 1.82) is 0 Å². The highest BCUT2D eigenvalue weighted by Crippen LogP contribution is 2.22. The van der Waals surface area contributed by atoms with E-state index in [0.29, 0.717) is 25.3 Å². The monoisotopic (exact) mass is 383 g/mol. The molecule has 2 aromatic heterocycles. The van der Waals surface area contributed by atoms with Crippen molar-refractivity contribution in [2.75, 3.05) is 20.6 Å². The maximum Gasteiger partial charge on any atom is 0.220 e. The zero-order valence-electron chi connectivity index (χ0n) is 15.9. The summed E-state index contributed by atoms with van der Waals surface area (Å²) in [6.07, 6.45) is 2.57. The summed E-state index contributed by atoms with van der Waals surface area (Å²) in [6.45, 7) is 2.64. The molecule has 1 amide bonds. The van der Waals surface area contributed by atoms with E-state index in [0.717, 1.165) is 11.3 Å². The van der Waals surface area contributed by atoms with Gasteiger partial charge in [-0.15, -0.1) is 0 Å². The number of benzene rings is 1. The summed E-state index contributed by atoms with van der Waals surface area (Å²) in [5.41, 5.74) is 3.42. The number of hydrogen-bond acceptors (Lipinski definition) is 5. The van der Waals surface area contributed by atoms with E-state index in [2.05, 4.69) is 32.0 Å². The zero-order chi connectivity index (χ0) is 19.2. The molecule has 0 aliphatic rings. The van der Waals surface area contributed by atoms with E-state index in [1.54, 1.807) is 17.5 Å². The second kappa shape index (κ2) is 8.97. The Morgan fingerprint density at radius 1 is 1.26 bits per heavy atom. The molecule has 0 radical (unpaired) electrons. The van der Waals surface area contributed by atoms with Crippen molar-refractivity contribution >= 4 is 17.2 Å². The van der Waals surface area contributed by atoms with Crippen LogP contribution in [0.1, 0.15) is 29.5 Å². The first-order valence-electron chi connectivity index (χ1n) is 9.00. The van der Waals surface area contributed by atoms with Crippen LogP contribution in [0, 0.1) is 6.92 Å². The predicted molar refractivity (Wildman–Crippen MR) is 109 cm³/mol. The topological polar surface area (TPSA) is 58.4 Å². The van der Waals surface area contributed by atoms with Gasteiger partial charge in [-0.3, -0.25) is 4.79 Å². The van der Waals surface area contributed by atoms with E-state index in [-0.39, 0.29) is 11.9 Å². The number of oxazole rings is 1. The molecule has 1 N–H and O–H groups in total. The highest BCUT2D eigenvalue weighted by molar-refractivity contribution is 7.07. The maximum atomic E-state index is 12.2. The number of carbonyl (C=O) groups excluding carboxylic acids is 1. The Bertz CT molecular complexity index is 854. The van der Waals surface area contributed by atoms with Crippen LogP contribution >= 0.6 is 11.3 Å². The lowest BCUT2D eigenvalue weighted by Gasteiger charge is -2.23. The quantitative estimate of drug-likeness (QED) is 0.637. The second-order valence-electron chi connectivity index (χ2n) is 6.82. The molecule has 3 rings (SSSR count). The van der Waals surface area contributed by atoms with Crippen molar-refractivity contribution in [1.82, 2.24) is 15.2 Å². The van der Waals surface area contributed by atoms with Gasteiger partial charge in [-0.2, -0.15) is 11.3 Å². The number of carbonyl (C=O) groups is 1. The summed E-state index contributed by atoms with van der Waals surface area (Å²) in [4.78, 5) is 18.6. The zero-order valence-corrected chi connectivity index (χ0v) is 16.8. The average Bonchev–Trinajstić information content (AvgIpc) is 3.33. The van der Waals surface area contributed by atoms with E-state index >= 15 is 0 Å². The fraction of sp³-hybridized carbons (Fsp3) is 0.333. The fourth-order valence-electron chi connectivity index (χ4n) is 2.86. The van der Waals surface area contributed by atoms with Gasteiger partial charge in [0.2, 0.25) is 5.91 Å². The second-order valence-corrected chi connectivity index (χ2v) is 7.60. The molecule has 0 aliphatic heterocycles. The maximum absolute atomic E-state index is 12.2. The number of nitrogens with one attached hydrogen (secondary N) is 1. The smallest absolute Gasteiger partial charge is 0.220 e. The van der Waals surface area contributed by atoms with Gasteiger partial charge in [0.15, 0.2) is 11.7 Å². The molecule has 27 heavy (non-hydrogen) atoms. The summed E-state index contributed by atoms with van der Waals surface area (Å²) >= 11 is 1.67. The molecule has 5 nitrogen and oxygen atoms in total. The predicted octanol–water partition coefficient (Wildman–Crippen LogP) is 4.06.